The van der Waals surface area contributed by atoms with Crippen LogP contribution in [0.4, 0.5) is 5.82 Å². The number of hydrogen-bond acceptors (Lipinski definition) is 7. The summed E-state index contributed by atoms with van der Waals surface area (Å²) >= 11 is 0. The average Bonchev–Trinajstić information content (AvgIpc) is 2.55. The SMILES string of the molecule is COC(=O)CCCS(=O)(=O)N1CCN(c2cnccn2)C(C)C1. The van der Waals surface area contributed by atoms with Crippen LogP contribution >= 0.6 is 0 Å². The molecule has 1 unspecified atom stereocenters. The maximum Gasteiger partial charge on any atom is 0.305 e. The molecule has 0 amide bonds. The minimum atomic E-state index is -3.36. The Morgan fingerprint density at radius 1 is 1.39 bits per heavy atom. The maximum absolute atomic E-state index is 12.4. The highest BCUT2D eigenvalue weighted by atomic mass is 32.2. The van der Waals surface area contributed by atoms with Gasteiger partial charge in [-0.05, 0) is 13.3 Å². The highest BCUT2D eigenvalue weighted by molar-refractivity contribution is 7.89. The fourth-order valence-corrected chi connectivity index (χ4v) is 4.16. The van der Waals surface area contributed by atoms with Crippen LogP contribution in [0.5, 0.6) is 0 Å². The van der Waals surface area contributed by atoms with E-state index in [4.69, 9.17) is 0 Å². The first kappa shape index (κ1) is 17.6. The van der Waals surface area contributed by atoms with Crippen molar-refractivity contribution in [2.45, 2.75) is 25.8 Å². The van der Waals surface area contributed by atoms with E-state index in [1.165, 1.54) is 11.4 Å². The molecule has 0 aliphatic carbocycles. The Kier molecular flexibility index (Phi) is 5.89. The van der Waals surface area contributed by atoms with Crippen molar-refractivity contribution >= 4 is 21.8 Å². The molecular formula is C14H22N4O4S. The first-order valence-electron chi connectivity index (χ1n) is 7.51. The third-order valence-electron chi connectivity index (χ3n) is 3.84. The van der Waals surface area contributed by atoms with E-state index in [0.29, 0.717) is 19.6 Å². The van der Waals surface area contributed by atoms with E-state index in [0.717, 1.165) is 5.82 Å². The Labute approximate surface area is 136 Å². The molecule has 23 heavy (non-hydrogen) atoms. The van der Waals surface area contributed by atoms with Gasteiger partial charge in [-0.25, -0.2) is 13.4 Å². The predicted octanol–water partition coefficient (Wildman–Crippen LogP) is 0.270. The molecule has 2 heterocycles. The predicted molar refractivity (Wildman–Crippen MR) is 85.4 cm³/mol. The van der Waals surface area contributed by atoms with Crippen molar-refractivity contribution in [1.29, 1.82) is 0 Å². The summed E-state index contributed by atoms with van der Waals surface area (Å²) in [7, 11) is -2.07. The van der Waals surface area contributed by atoms with E-state index in [2.05, 4.69) is 14.7 Å². The van der Waals surface area contributed by atoms with Crippen LogP contribution in [0.15, 0.2) is 18.6 Å². The molecule has 0 radical (unpaired) electrons. The fourth-order valence-electron chi connectivity index (χ4n) is 2.59. The highest BCUT2D eigenvalue weighted by Gasteiger charge is 2.31. The lowest BCUT2D eigenvalue weighted by Gasteiger charge is -2.39. The zero-order valence-corrected chi connectivity index (χ0v) is 14.2. The number of rotatable bonds is 6. The number of nitrogens with zero attached hydrogens (tertiary/aromatic N) is 4. The molecule has 1 atom stereocenters. The van der Waals surface area contributed by atoms with Crippen LogP contribution < -0.4 is 4.90 Å². The molecule has 9 heteroatoms. The van der Waals surface area contributed by atoms with Crippen molar-refractivity contribution in [3.63, 3.8) is 0 Å². The highest BCUT2D eigenvalue weighted by Crippen LogP contribution is 2.19. The zero-order chi connectivity index (χ0) is 16.9. The van der Waals surface area contributed by atoms with Gasteiger partial charge in [-0.15, -0.1) is 0 Å². The van der Waals surface area contributed by atoms with Crippen LogP contribution in [0.25, 0.3) is 0 Å². The average molecular weight is 342 g/mol. The molecule has 128 valence electrons. The lowest BCUT2D eigenvalue weighted by molar-refractivity contribution is -0.140. The Morgan fingerprint density at radius 3 is 2.78 bits per heavy atom. The van der Waals surface area contributed by atoms with E-state index in [-0.39, 0.29) is 30.6 Å². The molecule has 0 bridgehead atoms. The van der Waals surface area contributed by atoms with Crippen molar-refractivity contribution in [1.82, 2.24) is 14.3 Å². The molecule has 0 aromatic carbocycles. The second-order valence-corrected chi connectivity index (χ2v) is 7.55. The van der Waals surface area contributed by atoms with Crippen molar-refractivity contribution in [3.05, 3.63) is 18.6 Å². The summed E-state index contributed by atoms with van der Waals surface area (Å²) < 4.78 is 30.8. The van der Waals surface area contributed by atoms with Crippen LogP contribution in [0.1, 0.15) is 19.8 Å². The Morgan fingerprint density at radius 2 is 2.17 bits per heavy atom. The molecule has 1 fully saturated rings. The van der Waals surface area contributed by atoms with Gasteiger partial charge in [-0.1, -0.05) is 0 Å². The number of sulfonamides is 1. The van der Waals surface area contributed by atoms with Gasteiger partial charge in [0.05, 0.1) is 19.1 Å². The van der Waals surface area contributed by atoms with Gasteiger partial charge >= 0.3 is 5.97 Å². The summed E-state index contributed by atoms with van der Waals surface area (Å²) in [4.78, 5) is 21.4. The van der Waals surface area contributed by atoms with Gasteiger partial charge in [-0.3, -0.25) is 9.78 Å². The second-order valence-electron chi connectivity index (χ2n) is 5.46. The van der Waals surface area contributed by atoms with Gasteiger partial charge < -0.3 is 9.64 Å². The van der Waals surface area contributed by atoms with Gasteiger partial charge in [0, 0.05) is 44.5 Å². The number of hydrogen-bond donors (Lipinski definition) is 0. The molecule has 0 N–H and O–H groups in total. The summed E-state index contributed by atoms with van der Waals surface area (Å²) in [5.74, 6) is 0.323. The fraction of sp³-hybridized carbons (Fsp3) is 0.643. The largest absolute Gasteiger partial charge is 0.469 e. The third kappa shape index (κ3) is 4.61. The van der Waals surface area contributed by atoms with Crippen molar-refractivity contribution in [3.8, 4) is 0 Å². The molecule has 2 rings (SSSR count). The van der Waals surface area contributed by atoms with Crippen molar-refractivity contribution in [2.24, 2.45) is 0 Å². The Balaban J connectivity index is 1.92. The number of carbonyl (C=O) groups is 1. The van der Waals surface area contributed by atoms with Gasteiger partial charge in [-0.2, -0.15) is 4.31 Å². The summed E-state index contributed by atoms with van der Waals surface area (Å²) in [6.07, 6.45) is 5.30. The minimum absolute atomic E-state index is 0.0100. The second kappa shape index (κ2) is 7.69. The smallest absolute Gasteiger partial charge is 0.305 e. The van der Waals surface area contributed by atoms with Crippen LogP contribution in [-0.4, -0.2) is 67.2 Å². The Hall–Kier alpha value is -1.74. The molecule has 1 saturated heterocycles. The van der Waals surface area contributed by atoms with E-state index >= 15 is 0 Å². The third-order valence-corrected chi connectivity index (χ3v) is 5.76. The van der Waals surface area contributed by atoms with Crippen LogP contribution in [0.3, 0.4) is 0 Å². The lowest BCUT2D eigenvalue weighted by atomic mass is 10.2. The summed E-state index contributed by atoms with van der Waals surface area (Å²) in [6, 6.07) is 0.0100. The normalized spacial score (nSPS) is 19.6. The zero-order valence-electron chi connectivity index (χ0n) is 13.4. The Bertz CT molecular complexity index is 623. The number of piperazine rings is 1. The molecule has 0 saturated carbocycles. The van der Waals surface area contributed by atoms with E-state index < -0.39 is 10.0 Å². The number of methoxy groups -OCH3 is 1. The van der Waals surface area contributed by atoms with E-state index in [1.807, 2.05) is 11.8 Å². The quantitative estimate of drug-likeness (QED) is 0.685. The molecule has 1 aromatic heterocycles. The molecule has 1 aliphatic heterocycles. The first-order chi connectivity index (χ1) is 10.9. The van der Waals surface area contributed by atoms with E-state index in [9.17, 15) is 13.2 Å². The molecule has 8 nitrogen and oxygen atoms in total. The van der Waals surface area contributed by atoms with Crippen molar-refractivity contribution < 1.29 is 17.9 Å². The van der Waals surface area contributed by atoms with Crippen LogP contribution in [-0.2, 0) is 19.6 Å². The number of carbonyl (C=O) groups excluding carboxylic acids is 1. The topological polar surface area (TPSA) is 92.7 Å². The van der Waals surface area contributed by atoms with Gasteiger partial charge in [0.1, 0.15) is 5.82 Å². The van der Waals surface area contributed by atoms with Gasteiger partial charge in [0.2, 0.25) is 10.0 Å². The number of anilines is 1. The van der Waals surface area contributed by atoms with Crippen LogP contribution in [0.2, 0.25) is 0 Å². The lowest BCUT2D eigenvalue weighted by Crippen LogP contribution is -2.54. The number of ether oxygens (including phenoxy) is 1. The number of esters is 1. The van der Waals surface area contributed by atoms with Crippen LogP contribution in [0, 0.1) is 0 Å². The first-order valence-corrected chi connectivity index (χ1v) is 9.12. The van der Waals surface area contributed by atoms with Crippen molar-refractivity contribution in [2.75, 3.05) is 37.4 Å². The van der Waals surface area contributed by atoms with Gasteiger partial charge in [0.25, 0.3) is 0 Å². The van der Waals surface area contributed by atoms with Gasteiger partial charge in [0.15, 0.2) is 0 Å². The monoisotopic (exact) mass is 342 g/mol. The summed E-state index contributed by atoms with van der Waals surface area (Å²) in [5, 5.41) is 0. The molecule has 1 aliphatic rings. The summed E-state index contributed by atoms with van der Waals surface area (Å²) in [6.45, 7) is 3.33. The standard InChI is InChI=1S/C14H22N4O4S/c1-12-11-17(23(20,21)9-3-4-14(19)22-2)7-8-18(12)13-10-15-5-6-16-13/h5-6,10,12H,3-4,7-9,11H2,1-2H3. The minimum Gasteiger partial charge on any atom is -0.469 e. The molecular weight excluding hydrogens is 320 g/mol. The molecule has 0 spiro atoms. The summed E-state index contributed by atoms with van der Waals surface area (Å²) in [5.41, 5.74) is 0. The van der Waals surface area contributed by atoms with E-state index in [1.54, 1.807) is 18.6 Å². The molecule has 1 aromatic rings. The number of aromatic nitrogens is 2. The maximum atomic E-state index is 12.4.